The first-order chi connectivity index (χ1) is 10.2. The van der Waals surface area contributed by atoms with Gasteiger partial charge in [-0.05, 0) is 49.2 Å². The molecule has 1 aromatic rings. The van der Waals surface area contributed by atoms with Crippen molar-refractivity contribution in [2.24, 2.45) is 5.10 Å². The Bertz CT molecular complexity index is 498. The first-order valence-electron chi connectivity index (χ1n) is 7.17. The van der Waals surface area contributed by atoms with Crippen molar-refractivity contribution in [2.45, 2.75) is 32.3 Å². The minimum absolute atomic E-state index is 0.233. The number of hydrogen-bond donors (Lipinski definition) is 2. The van der Waals surface area contributed by atoms with Crippen molar-refractivity contribution in [2.75, 3.05) is 13.2 Å². The predicted molar refractivity (Wildman–Crippen MR) is 85.9 cm³/mol. The van der Waals surface area contributed by atoms with E-state index >= 15 is 0 Å². The van der Waals surface area contributed by atoms with Gasteiger partial charge in [0.25, 0.3) is 0 Å². The third-order valence-corrected chi connectivity index (χ3v) is 3.55. The lowest BCUT2D eigenvalue weighted by Gasteiger charge is -2.12. The fourth-order valence-corrected chi connectivity index (χ4v) is 2.29. The van der Waals surface area contributed by atoms with Crippen LogP contribution in [0.4, 0.5) is 4.39 Å². The van der Waals surface area contributed by atoms with Gasteiger partial charge in [0.2, 0.25) is 0 Å². The van der Waals surface area contributed by atoms with Gasteiger partial charge in [0.1, 0.15) is 5.82 Å². The van der Waals surface area contributed by atoms with Crippen molar-refractivity contribution in [3.8, 4) is 0 Å². The highest BCUT2D eigenvalue weighted by Gasteiger charge is 2.15. The maximum absolute atomic E-state index is 12.9. The summed E-state index contributed by atoms with van der Waals surface area (Å²) in [6.45, 7) is 3.52. The van der Waals surface area contributed by atoms with Crippen molar-refractivity contribution in [3.63, 3.8) is 0 Å². The van der Waals surface area contributed by atoms with Gasteiger partial charge in [-0.1, -0.05) is 19.1 Å². The molecule has 2 rings (SSSR count). The monoisotopic (exact) mass is 309 g/mol. The molecule has 0 aromatic heterocycles. The molecular formula is C15H20FN3OS. The van der Waals surface area contributed by atoms with Crippen LogP contribution in [0.25, 0.3) is 0 Å². The van der Waals surface area contributed by atoms with Crippen molar-refractivity contribution in [3.05, 3.63) is 35.6 Å². The molecule has 0 unspecified atom stereocenters. The number of thiocarbonyl (C=S) groups is 1. The first kappa shape index (κ1) is 15.9. The first-order valence-corrected chi connectivity index (χ1v) is 7.58. The zero-order chi connectivity index (χ0) is 15.1. The highest BCUT2D eigenvalue weighted by atomic mass is 32.1. The van der Waals surface area contributed by atoms with Gasteiger partial charge in [-0.2, -0.15) is 5.10 Å². The quantitative estimate of drug-likeness (QED) is 0.498. The summed E-state index contributed by atoms with van der Waals surface area (Å²) in [5.41, 5.74) is 4.54. The molecule has 1 aliphatic heterocycles. The Kier molecular flexibility index (Phi) is 6.07. The normalized spacial score (nSPS) is 18.6. The van der Waals surface area contributed by atoms with Crippen LogP contribution < -0.4 is 10.7 Å². The highest BCUT2D eigenvalue weighted by molar-refractivity contribution is 7.80. The Hall–Kier alpha value is -1.53. The van der Waals surface area contributed by atoms with E-state index in [2.05, 4.69) is 15.8 Å². The van der Waals surface area contributed by atoms with Crippen molar-refractivity contribution in [1.29, 1.82) is 0 Å². The number of halogens is 1. The predicted octanol–water partition coefficient (Wildman–Crippen LogP) is 2.58. The van der Waals surface area contributed by atoms with E-state index in [1.54, 1.807) is 12.1 Å². The topological polar surface area (TPSA) is 45.7 Å². The smallest absolute Gasteiger partial charge is 0.187 e. The number of benzene rings is 1. The molecule has 1 atom stereocenters. The van der Waals surface area contributed by atoms with Crippen LogP contribution in [0.1, 0.15) is 31.7 Å². The largest absolute Gasteiger partial charge is 0.376 e. The van der Waals surface area contributed by atoms with Crippen LogP contribution in [-0.4, -0.2) is 30.1 Å². The van der Waals surface area contributed by atoms with E-state index in [-0.39, 0.29) is 11.9 Å². The summed E-state index contributed by atoms with van der Waals surface area (Å²) in [7, 11) is 0. The molecule has 2 N–H and O–H groups in total. The molecule has 1 aromatic carbocycles. The van der Waals surface area contributed by atoms with E-state index in [0.717, 1.165) is 37.1 Å². The van der Waals surface area contributed by atoms with E-state index in [4.69, 9.17) is 17.0 Å². The van der Waals surface area contributed by atoms with E-state index in [9.17, 15) is 4.39 Å². The Morgan fingerprint density at radius 3 is 2.81 bits per heavy atom. The molecule has 0 saturated carbocycles. The summed E-state index contributed by atoms with van der Waals surface area (Å²) in [4.78, 5) is 0. The van der Waals surface area contributed by atoms with E-state index in [0.29, 0.717) is 11.7 Å². The lowest BCUT2D eigenvalue weighted by molar-refractivity contribution is 0.114. The summed E-state index contributed by atoms with van der Waals surface area (Å²) in [5, 5.41) is 7.85. The molecule has 1 aliphatic rings. The standard InChI is InChI=1S/C15H20FN3OS/c1-2-14(11-5-7-12(16)8-6-11)18-19-15(21)17-10-13-4-3-9-20-13/h5-8,13H,2-4,9-10H2,1H3,(H2,17,19,21)/b18-14-/t13-/m1/s1. The summed E-state index contributed by atoms with van der Waals surface area (Å²) in [6, 6.07) is 6.27. The molecule has 0 radical (unpaired) electrons. The maximum Gasteiger partial charge on any atom is 0.187 e. The molecule has 0 amide bonds. The van der Waals surface area contributed by atoms with Gasteiger partial charge in [0.15, 0.2) is 5.11 Å². The molecule has 114 valence electrons. The van der Waals surface area contributed by atoms with Crippen LogP contribution in [0.15, 0.2) is 29.4 Å². The number of ether oxygens (including phenoxy) is 1. The SMILES string of the molecule is CC/C(=N/NC(=S)NC[C@H]1CCCO1)c1ccc(F)cc1. The number of hydrogen-bond acceptors (Lipinski definition) is 3. The molecule has 6 heteroatoms. The second-order valence-electron chi connectivity index (χ2n) is 4.88. The number of nitrogens with one attached hydrogen (secondary N) is 2. The van der Waals surface area contributed by atoms with Crippen molar-refractivity contribution < 1.29 is 9.13 Å². The van der Waals surface area contributed by atoms with Crippen LogP contribution in [0.3, 0.4) is 0 Å². The Balaban J connectivity index is 1.84. The van der Waals surface area contributed by atoms with Crippen LogP contribution in [0, 0.1) is 5.82 Å². The number of rotatable bonds is 5. The van der Waals surface area contributed by atoms with Gasteiger partial charge in [-0.15, -0.1) is 0 Å². The van der Waals surface area contributed by atoms with Gasteiger partial charge >= 0.3 is 0 Å². The van der Waals surface area contributed by atoms with E-state index in [1.807, 2.05) is 6.92 Å². The highest BCUT2D eigenvalue weighted by Crippen LogP contribution is 2.10. The summed E-state index contributed by atoms with van der Waals surface area (Å²) in [6.07, 6.45) is 3.13. The summed E-state index contributed by atoms with van der Waals surface area (Å²) < 4.78 is 18.4. The van der Waals surface area contributed by atoms with Crippen LogP contribution in [0.5, 0.6) is 0 Å². The average molecular weight is 309 g/mol. The third kappa shape index (κ3) is 5.06. The lowest BCUT2D eigenvalue weighted by atomic mass is 10.1. The molecule has 21 heavy (non-hydrogen) atoms. The molecule has 0 bridgehead atoms. The fraction of sp³-hybridized carbons (Fsp3) is 0.467. The Morgan fingerprint density at radius 2 is 2.19 bits per heavy atom. The van der Waals surface area contributed by atoms with Gasteiger partial charge in [0, 0.05) is 13.2 Å². The van der Waals surface area contributed by atoms with Gasteiger partial charge in [-0.25, -0.2) is 4.39 Å². The van der Waals surface area contributed by atoms with Crippen LogP contribution in [0.2, 0.25) is 0 Å². The molecule has 0 aliphatic carbocycles. The zero-order valence-corrected chi connectivity index (χ0v) is 12.9. The van der Waals surface area contributed by atoms with E-state index in [1.165, 1.54) is 12.1 Å². The molecular weight excluding hydrogens is 289 g/mol. The molecule has 4 nitrogen and oxygen atoms in total. The van der Waals surface area contributed by atoms with Gasteiger partial charge < -0.3 is 10.1 Å². The van der Waals surface area contributed by atoms with Crippen molar-refractivity contribution in [1.82, 2.24) is 10.7 Å². The van der Waals surface area contributed by atoms with Crippen LogP contribution >= 0.6 is 12.2 Å². The lowest BCUT2D eigenvalue weighted by Crippen LogP contribution is -2.37. The number of hydrazone groups is 1. The molecule has 0 spiro atoms. The summed E-state index contributed by atoms with van der Waals surface area (Å²) in [5.74, 6) is -0.254. The van der Waals surface area contributed by atoms with E-state index < -0.39 is 0 Å². The van der Waals surface area contributed by atoms with Gasteiger partial charge in [-0.3, -0.25) is 5.43 Å². The Morgan fingerprint density at radius 1 is 1.43 bits per heavy atom. The maximum atomic E-state index is 12.9. The summed E-state index contributed by atoms with van der Waals surface area (Å²) >= 11 is 5.18. The second-order valence-corrected chi connectivity index (χ2v) is 5.28. The molecule has 1 heterocycles. The second kappa shape index (κ2) is 8.05. The average Bonchev–Trinajstić information content (AvgIpc) is 3.01. The van der Waals surface area contributed by atoms with Gasteiger partial charge in [0.05, 0.1) is 11.8 Å². The third-order valence-electron chi connectivity index (χ3n) is 3.32. The zero-order valence-electron chi connectivity index (χ0n) is 12.1. The van der Waals surface area contributed by atoms with Crippen LogP contribution in [-0.2, 0) is 4.74 Å². The molecule has 1 saturated heterocycles. The fourth-order valence-electron chi connectivity index (χ4n) is 2.16. The minimum atomic E-state index is -0.254. The number of nitrogens with zero attached hydrogens (tertiary/aromatic N) is 1. The van der Waals surface area contributed by atoms with Crippen molar-refractivity contribution >= 4 is 23.0 Å². The Labute approximate surface area is 129 Å². The minimum Gasteiger partial charge on any atom is -0.376 e. The molecule has 1 fully saturated rings.